The molecule has 15 heavy (non-hydrogen) atoms. The standard InChI is InChI=1S/C11H19N3.ClH/c1-9(11-5-3-7-13-11)14-8-10-4-2-6-12-10;/h3,5,7,9-10,12-14H,2,4,6,8H2,1H3;1H. The van der Waals surface area contributed by atoms with E-state index in [4.69, 9.17) is 0 Å². The first-order valence-corrected chi connectivity index (χ1v) is 5.46. The van der Waals surface area contributed by atoms with E-state index in [9.17, 15) is 0 Å². The molecule has 1 aromatic rings. The molecule has 0 aromatic carbocycles. The van der Waals surface area contributed by atoms with Gasteiger partial charge in [-0.25, -0.2) is 0 Å². The van der Waals surface area contributed by atoms with Crippen LogP contribution in [-0.2, 0) is 0 Å². The van der Waals surface area contributed by atoms with Crippen LogP contribution < -0.4 is 10.6 Å². The maximum atomic E-state index is 3.53. The van der Waals surface area contributed by atoms with Crippen LogP contribution in [-0.4, -0.2) is 24.1 Å². The summed E-state index contributed by atoms with van der Waals surface area (Å²) < 4.78 is 0. The molecule has 0 saturated carbocycles. The normalized spacial score (nSPS) is 22.3. The maximum absolute atomic E-state index is 3.53. The van der Waals surface area contributed by atoms with E-state index in [2.05, 4.69) is 28.6 Å². The summed E-state index contributed by atoms with van der Waals surface area (Å²) in [5.74, 6) is 0. The van der Waals surface area contributed by atoms with Crippen LogP contribution in [0, 0.1) is 0 Å². The second-order valence-electron chi connectivity index (χ2n) is 4.05. The Hall–Kier alpha value is -0.510. The summed E-state index contributed by atoms with van der Waals surface area (Å²) in [6.45, 7) is 4.45. The van der Waals surface area contributed by atoms with Gasteiger partial charge in [-0.15, -0.1) is 12.4 Å². The van der Waals surface area contributed by atoms with Crippen molar-refractivity contribution in [3.63, 3.8) is 0 Å². The zero-order valence-electron chi connectivity index (χ0n) is 9.12. The molecule has 2 atom stereocenters. The third-order valence-corrected chi connectivity index (χ3v) is 2.92. The van der Waals surface area contributed by atoms with E-state index in [1.807, 2.05) is 12.3 Å². The maximum Gasteiger partial charge on any atom is 0.0444 e. The quantitative estimate of drug-likeness (QED) is 0.738. The highest BCUT2D eigenvalue weighted by atomic mass is 35.5. The number of halogens is 1. The van der Waals surface area contributed by atoms with Gasteiger partial charge in [0.2, 0.25) is 0 Å². The molecule has 1 saturated heterocycles. The van der Waals surface area contributed by atoms with Crippen LogP contribution in [0.3, 0.4) is 0 Å². The van der Waals surface area contributed by atoms with E-state index >= 15 is 0 Å². The Bertz CT molecular complexity index is 255. The number of aromatic amines is 1. The molecule has 1 aliphatic rings. The van der Waals surface area contributed by atoms with Gasteiger partial charge in [-0.2, -0.15) is 0 Å². The third kappa shape index (κ3) is 3.52. The smallest absolute Gasteiger partial charge is 0.0444 e. The van der Waals surface area contributed by atoms with E-state index in [1.54, 1.807) is 0 Å². The Morgan fingerprint density at radius 3 is 3.07 bits per heavy atom. The lowest BCUT2D eigenvalue weighted by molar-refractivity contribution is 0.485. The minimum Gasteiger partial charge on any atom is -0.364 e. The Labute approximate surface area is 97.4 Å². The van der Waals surface area contributed by atoms with Crippen LogP contribution in [0.5, 0.6) is 0 Å². The average Bonchev–Trinajstić information content (AvgIpc) is 2.87. The summed E-state index contributed by atoms with van der Waals surface area (Å²) in [5.41, 5.74) is 1.27. The first-order valence-electron chi connectivity index (χ1n) is 5.46. The van der Waals surface area contributed by atoms with Crippen molar-refractivity contribution >= 4 is 12.4 Å². The molecule has 1 aliphatic heterocycles. The minimum absolute atomic E-state index is 0. The van der Waals surface area contributed by atoms with Crippen LogP contribution in [0.25, 0.3) is 0 Å². The van der Waals surface area contributed by atoms with Gasteiger partial charge in [-0.3, -0.25) is 0 Å². The minimum atomic E-state index is 0. The summed E-state index contributed by atoms with van der Waals surface area (Å²) in [6.07, 6.45) is 4.61. The van der Waals surface area contributed by atoms with E-state index in [0.717, 1.165) is 6.54 Å². The van der Waals surface area contributed by atoms with Crippen molar-refractivity contribution in [3.8, 4) is 0 Å². The molecule has 0 spiro atoms. The number of H-pyrrole nitrogens is 1. The first kappa shape index (κ1) is 12.6. The highest BCUT2D eigenvalue weighted by molar-refractivity contribution is 5.85. The number of rotatable bonds is 4. The molecule has 1 fully saturated rings. The van der Waals surface area contributed by atoms with Crippen molar-refractivity contribution in [2.24, 2.45) is 0 Å². The second kappa shape index (κ2) is 6.16. The van der Waals surface area contributed by atoms with Crippen LogP contribution in [0.2, 0.25) is 0 Å². The van der Waals surface area contributed by atoms with E-state index in [1.165, 1.54) is 25.1 Å². The van der Waals surface area contributed by atoms with Gasteiger partial charge in [0.15, 0.2) is 0 Å². The van der Waals surface area contributed by atoms with Gasteiger partial charge in [-0.1, -0.05) is 0 Å². The lowest BCUT2D eigenvalue weighted by Crippen LogP contribution is -2.35. The van der Waals surface area contributed by atoms with Crippen molar-refractivity contribution in [1.82, 2.24) is 15.6 Å². The first-order chi connectivity index (χ1) is 6.86. The zero-order chi connectivity index (χ0) is 9.80. The topological polar surface area (TPSA) is 39.8 Å². The molecule has 0 radical (unpaired) electrons. The molecular weight excluding hydrogens is 210 g/mol. The molecule has 4 heteroatoms. The largest absolute Gasteiger partial charge is 0.364 e. The molecule has 86 valence electrons. The summed E-state index contributed by atoms with van der Waals surface area (Å²) in [4.78, 5) is 3.23. The monoisotopic (exact) mass is 229 g/mol. The predicted octanol–water partition coefficient (Wildman–Crippen LogP) is 1.84. The van der Waals surface area contributed by atoms with Crippen molar-refractivity contribution in [3.05, 3.63) is 24.0 Å². The SMILES string of the molecule is CC(NCC1CCCN1)c1ccc[nH]1.Cl. The number of nitrogens with one attached hydrogen (secondary N) is 3. The predicted molar refractivity (Wildman–Crippen MR) is 65.5 cm³/mol. The van der Waals surface area contributed by atoms with Crippen LogP contribution >= 0.6 is 12.4 Å². The molecule has 1 aromatic heterocycles. The fourth-order valence-electron chi connectivity index (χ4n) is 1.97. The second-order valence-corrected chi connectivity index (χ2v) is 4.05. The Morgan fingerprint density at radius 1 is 1.60 bits per heavy atom. The molecule has 2 heterocycles. The molecule has 0 bridgehead atoms. The number of hydrogen-bond acceptors (Lipinski definition) is 2. The van der Waals surface area contributed by atoms with E-state index in [0.29, 0.717) is 12.1 Å². The van der Waals surface area contributed by atoms with Crippen LogP contribution in [0.15, 0.2) is 18.3 Å². The Kier molecular flexibility index (Phi) is 5.15. The van der Waals surface area contributed by atoms with Gasteiger partial charge >= 0.3 is 0 Å². The Morgan fingerprint density at radius 2 is 2.47 bits per heavy atom. The van der Waals surface area contributed by atoms with Gasteiger partial charge in [0, 0.05) is 30.5 Å². The van der Waals surface area contributed by atoms with Gasteiger partial charge < -0.3 is 15.6 Å². The lowest BCUT2D eigenvalue weighted by Gasteiger charge is -2.16. The lowest BCUT2D eigenvalue weighted by atomic mass is 10.2. The molecular formula is C11H20ClN3. The summed E-state index contributed by atoms with van der Waals surface area (Å²) in [7, 11) is 0. The molecule has 2 rings (SSSR count). The van der Waals surface area contributed by atoms with Crippen LogP contribution in [0.1, 0.15) is 31.5 Å². The Balaban J connectivity index is 0.00000112. The van der Waals surface area contributed by atoms with Gasteiger partial charge in [0.25, 0.3) is 0 Å². The van der Waals surface area contributed by atoms with Gasteiger partial charge in [0.05, 0.1) is 0 Å². The van der Waals surface area contributed by atoms with Gasteiger partial charge in [0.1, 0.15) is 0 Å². The van der Waals surface area contributed by atoms with Crippen molar-refractivity contribution in [1.29, 1.82) is 0 Å². The van der Waals surface area contributed by atoms with Crippen molar-refractivity contribution in [2.45, 2.75) is 31.8 Å². The highest BCUT2D eigenvalue weighted by Gasteiger charge is 2.14. The zero-order valence-corrected chi connectivity index (χ0v) is 9.94. The molecule has 3 nitrogen and oxygen atoms in total. The molecule has 3 N–H and O–H groups in total. The summed E-state index contributed by atoms with van der Waals surface area (Å²) in [5, 5.41) is 7.02. The van der Waals surface area contributed by atoms with Crippen LogP contribution in [0.4, 0.5) is 0 Å². The third-order valence-electron chi connectivity index (χ3n) is 2.92. The number of aromatic nitrogens is 1. The molecule has 0 amide bonds. The fraction of sp³-hybridized carbons (Fsp3) is 0.636. The highest BCUT2D eigenvalue weighted by Crippen LogP contribution is 2.10. The number of hydrogen-bond donors (Lipinski definition) is 3. The van der Waals surface area contributed by atoms with Gasteiger partial charge in [-0.05, 0) is 38.4 Å². The summed E-state index contributed by atoms with van der Waals surface area (Å²) in [6, 6.07) is 5.26. The van der Waals surface area contributed by atoms with Crippen molar-refractivity contribution in [2.75, 3.05) is 13.1 Å². The van der Waals surface area contributed by atoms with E-state index < -0.39 is 0 Å². The molecule has 0 aliphatic carbocycles. The molecule has 2 unspecified atom stereocenters. The average molecular weight is 230 g/mol. The fourth-order valence-corrected chi connectivity index (χ4v) is 1.97. The van der Waals surface area contributed by atoms with E-state index in [-0.39, 0.29) is 12.4 Å². The van der Waals surface area contributed by atoms with Crippen molar-refractivity contribution < 1.29 is 0 Å². The summed E-state index contributed by atoms with van der Waals surface area (Å²) >= 11 is 0.